The lowest BCUT2D eigenvalue weighted by molar-refractivity contribution is 0.759. The summed E-state index contributed by atoms with van der Waals surface area (Å²) in [5.41, 5.74) is 7.62. The molecule has 0 unspecified atom stereocenters. The summed E-state index contributed by atoms with van der Waals surface area (Å²) in [6, 6.07) is 1.92. The van der Waals surface area contributed by atoms with Crippen LogP contribution in [0.1, 0.15) is 31.0 Å². The van der Waals surface area contributed by atoms with Gasteiger partial charge in [0.15, 0.2) is 0 Å². The van der Waals surface area contributed by atoms with Gasteiger partial charge in [-0.1, -0.05) is 13.8 Å². The molecule has 0 atom stereocenters. The molecule has 1 heterocycles. The zero-order chi connectivity index (χ0) is 8.27. The van der Waals surface area contributed by atoms with Gasteiger partial charge in [0.2, 0.25) is 0 Å². The molecule has 3 heteroatoms. The molecule has 0 radical (unpaired) electrons. The molecule has 0 amide bonds. The summed E-state index contributed by atoms with van der Waals surface area (Å²) in [5, 5.41) is 7.83. The highest BCUT2D eigenvalue weighted by atomic mass is 15.1. The van der Waals surface area contributed by atoms with Gasteiger partial charge in [-0.3, -0.25) is 0 Å². The molecule has 1 aromatic rings. The van der Waals surface area contributed by atoms with Crippen molar-refractivity contribution in [1.29, 1.82) is 0 Å². The Hall–Kier alpha value is -0.960. The Morgan fingerprint density at radius 3 is 2.73 bits per heavy atom. The van der Waals surface area contributed by atoms with Gasteiger partial charge in [0, 0.05) is 12.7 Å². The fourth-order valence-corrected chi connectivity index (χ4v) is 1.03. The zero-order valence-corrected chi connectivity index (χ0v) is 6.91. The van der Waals surface area contributed by atoms with Crippen molar-refractivity contribution in [2.75, 3.05) is 0 Å². The Morgan fingerprint density at radius 1 is 1.55 bits per heavy atom. The Bertz CT molecular complexity index is 233. The molecule has 0 aliphatic rings. The van der Waals surface area contributed by atoms with Crippen LogP contribution in [0, 0.1) is 0 Å². The highest BCUT2D eigenvalue weighted by Crippen LogP contribution is 2.14. The van der Waals surface area contributed by atoms with Gasteiger partial charge in [0.05, 0.1) is 5.69 Å². The molecule has 1 rings (SSSR count). The molecule has 0 aromatic carbocycles. The largest absolute Gasteiger partial charge is 0.326 e. The van der Waals surface area contributed by atoms with Gasteiger partial charge in [-0.05, 0) is 17.5 Å². The fraction of sp³-hybridized carbons (Fsp3) is 0.500. The maximum absolute atomic E-state index is 5.52. The van der Waals surface area contributed by atoms with Crippen molar-refractivity contribution in [2.45, 2.75) is 26.3 Å². The number of aromatic nitrogens is 2. The van der Waals surface area contributed by atoms with E-state index in [2.05, 4.69) is 24.0 Å². The minimum atomic E-state index is 0.405. The van der Waals surface area contributed by atoms with Crippen LogP contribution in [0.2, 0.25) is 0 Å². The van der Waals surface area contributed by atoms with Gasteiger partial charge in [-0.2, -0.15) is 10.2 Å². The van der Waals surface area contributed by atoms with Crippen LogP contribution in [0.3, 0.4) is 0 Å². The molecule has 0 fully saturated rings. The second-order valence-electron chi connectivity index (χ2n) is 2.80. The molecule has 0 saturated heterocycles. The average Bonchev–Trinajstić information content (AvgIpc) is 2.04. The number of rotatable bonds is 2. The first-order valence-corrected chi connectivity index (χ1v) is 3.76. The third-order valence-corrected chi connectivity index (χ3v) is 1.60. The van der Waals surface area contributed by atoms with E-state index >= 15 is 0 Å². The van der Waals surface area contributed by atoms with Crippen LogP contribution < -0.4 is 5.73 Å². The first-order valence-electron chi connectivity index (χ1n) is 3.76. The Kier molecular flexibility index (Phi) is 2.54. The Morgan fingerprint density at radius 2 is 2.27 bits per heavy atom. The van der Waals surface area contributed by atoms with Crippen LogP contribution in [-0.2, 0) is 6.54 Å². The number of hydrogen-bond donors (Lipinski definition) is 1. The van der Waals surface area contributed by atoms with E-state index < -0.39 is 0 Å². The predicted octanol–water partition coefficient (Wildman–Crippen LogP) is 1.06. The summed E-state index contributed by atoms with van der Waals surface area (Å²) in [6.45, 7) is 4.72. The van der Waals surface area contributed by atoms with Crippen LogP contribution in [0.15, 0.2) is 12.3 Å². The van der Waals surface area contributed by atoms with Gasteiger partial charge in [0.25, 0.3) is 0 Å². The van der Waals surface area contributed by atoms with Crippen LogP contribution >= 0.6 is 0 Å². The molecule has 11 heavy (non-hydrogen) atoms. The van der Waals surface area contributed by atoms with Gasteiger partial charge in [-0.25, -0.2) is 0 Å². The molecule has 0 saturated carbocycles. The van der Waals surface area contributed by atoms with E-state index in [0.29, 0.717) is 12.5 Å². The summed E-state index contributed by atoms with van der Waals surface area (Å²) in [6.07, 6.45) is 1.67. The second kappa shape index (κ2) is 3.44. The van der Waals surface area contributed by atoms with E-state index in [9.17, 15) is 0 Å². The molecular weight excluding hydrogens is 138 g/mol. The fourth-order valence-electron chi connectivity index (χ4n) is 1.03. The van der Waals surface area contributed by atoms with E-state index in [-0.39, 0.29) is 0 Å². The summed E-state index contributed by atoms with van der Waals surface area (Å²) >= 11 is 0. The molecule has 2 N–H and O–H groups in total. The molecule has 0 aliphatic heterocycles. The van der Waals surface area contributed by atoms with Gasteiger partial charge in [0.1, 0.15) is 0 Å². The van der Waals surface area contributed by atoms with Crippen LogP contribution in [-0.4, -0.2) is 10.2 Å². The van der Waals surface area contributed by atoms with Gasteiger partial charge < -0.3 is 5.73 Å². The first-order chi connectivity index (χ1) is 5.25. The normalized spacial score (nSPS) is 10.5. The third kappa shape index (κ3) is 1.74. The number of nitrogens with zero attached hydrogens (tertiary/aromatic N) is 2. The standard InChI is InChI=1S/C8H13N3/c1-6(2)8-7(5-9)3-4-10-11-8/h3-4,6H,5,9H2,1-2H3. The van der Waals surface area contributed by atoms with E-state index in [1.807, 2.05) is 6.07 Å². The summed E-state index contributed by atoms with van der Waals surface area (Å²) < 4.78 is 0. The summed E-state index contributed by atoms with van der Waals surface area (Å²) in [7, 11) is 0. The lowest BCUT2D eigenvalue weighted by Gasteiger charge is -2.07. The monoisotopic (exact) mass is 151 g/mol. The van der Waals surface area contributed by atoms with Crippen molar-refractivity contribution in [3.63, 3.8) is 0 Å². The quantitative estimate of drug-likeness (QED) is 0.687. The SMILES string of the molecule is CC(C)c1nnccc1CN. The molecule has 0 aliphatic carbocycles. The molecule has 60 valence electrons. The number of hydrogen-bond acceptors (Lipinski definition) is 3. The molecule has 3 nitrogen and oxygen atoms in total. The highest BCUT2D eigenvalue weighted by molar-refractivity contribution is 5.19. The van der Waals surface area contributed by atoms with Gasteiger partial charge in [-0.15, -0.1) is 0 Å². The lowest BCUT2D eigenvalue weighted by Crippen LogP contribution is -2.05. The average molecular weight is 151 g/mol. The minimum absolute atomic E-state index is 0.405. The molecule has 0 spiro atoms. The van der Waals surface area contributed by atoms with Crippen molar-refractivity contribution in [3.05, 3.63) is 23.5 Å². The van der Waals surface area contributed by atoms with Crippen LogP contribution in [0.5, 0.6) is 0 Å². The van der Waals surface area contributed by atoms with E-state index in [4.69, 9.17) is 5.73 Å². The van der Waals surface area contributed by atoms with E-state index in [1.54, 1.807) is 6.20 Å². The maximum Gasteiger partial charge on any atom is 0.0701 e. The van der Waals surface area contributed by atoms with E-state index in [0.717, 1.165) is 11.3 Å². The Balaban J connectivity index is 3.02. The van der Waals surface area contributed by atoms with Crippen molar-refractivity contribution < 1.29 is 0 Å². The molecule has 1 aromatic heterocycles. The van der Waals surface area contributed by atoms with Gasteiger partial charge >= 0.3 is 0 Å². The smallest absolute Gasteiger partial charge is 0.0701 e. The maximum atomic E-state index is 5.52. The topological polar surface area (TPSA) is 51.8 Å². The van der Waals surface area contributed by atoms with Crippen LogP contribution in [0.4, 0.5) is 0 Å². The van der Waals surface area contributed by atoms with Crippen LogP contribution in [0.25, 0.3) is 0 Å². The minimum Gasteiger partial charge on any atom is -0.326 e. The van der Waals surface area contributed by atoms with Crippen molar-refractivity contribution >= 4 is 0 Å². The summed E-state index contributed by atoms with van der Waals surface area (Å²) in [4.78, 5) is 0. The molecule has 0 bridgehead atoms. The first kappa shape index (κ1) is 8.14. The Labute approximate surface area is 66.6 Å². The third-order valence-electron chi connectivity index (χ3n) is 1.60. The lowest BCUT2D eigenvalue weighted by atomic mass is 10.1. The predicted molar refractivity (Wildman–Crippen MR) is 44.0 cm³/mol. The van der Waals surface area contributed by atoms with Crippen molar-refractivity contribution in [2.24, 2.45) is 5.73 Å². The van der Waals surface area contributed by atoms with Crippen molar-refractivity contribution in [1.82, 2.24) is 10.2 Å². The highest BCUT2D eigenvalue weighted by Gasteiger charge is 2.05. The van der Waals surface area contributed by atoms with Crippen molar-refractivity contribution in [3.8, 4) is 0 Å². The second-order valence-corrected chi connectivity index (χ2v) is 2.80. The zero-order valence-electron chi connectivity index (χ0n) is 6.91. The van der Waals surface area contributed by atoms with E-state index in [1.165, 1.54) is 0 Å². The number of nitrogens with two attached hydrogens (primary N) is 1. The molecular formula is C8H13N3. The summed E-state index contributed by atoms with van der Waals surface area (Å²) in [5.74, 6) is 0.405.